The minimum Gasteiger partial charge on any atom is -0.372 e. The maximum atomic E-state index is 13.3. The van der Waals surface area contributed by atoms with Crippen LogP contribution in [0.1, 0.15) is 33.9 Å². The summed E-state index contributed by atoms with van der Waals surface area (Å²) in [6, 6.07) is 11.0. The van der Waals surface area contributed by atoms with Gasteiger partial charge in [-0.05, 0) is 40.8 Å². The van der Waals surface area contributed by atoms with E-state index in [2.05, 4.69) is 12.1 Å². The van der Waals surface area contributed by atoms with Gasteiger partial charge in [-0.25, -0.2) is 4.39 Å². The smallest absolute Gasteiger partial charge is 0.126 e. The summed E-state index contributed by atoms with van der Waals surface area (Å²) >= 11 is 0. The zero-order valence-corrected chi connectivity index (χ0v) is 10.8. The normalized spacial score (nSPS) is 15.3. The van der Waals surface area contributed by atoms with E-state index in [-0.39, 0.29) is 11.9 Å². The van der Waals surface area contributed by atoms with Crippen molar-refractivity contribution in [1.29, 1.82) is 0 Å². The molecule has 0 radical (unpaired) electrons. The van der Waals surface area contributed by atoms with Crippen molar-refractivity contribution >= 4 is 0 Å². The van der Waals surface area contributed by atoms with E-state index in [4.69, 9.17) is 10.5 Å². The molecule has 0 aromatic heterocycles. The lowest BCUT2D eigenvalue weighted by Crippen LogP contribution is -2.12. The predicted octanol–water partition coefficient (Wildman–Crippen LogP) is 3.21. The van der Waals surface area contributed by atoms with Crippen LogP contribution in [-0.2, 0) is 18.0 Å². The van der Waals surface area contributed by atoms with E-state index in [1.54, 1.807) is 13.0 Å². The molecule has 0 spiro atoms. The summed E-state index contributed by atoms with van der Waals surface area (Å²) in [4.78, 5) is 0. The summed E-state index contributed by atoms with van der Waals surface area (Å²) in [6.45, 7) is 3.08. The third-order valence-corrected chi connectivity index (χ3v) is 3.65. The molecule has 2 aromatic rings. The Balaban J connectivity index is 1.94. The molecule has 2 aromatic carbocycles. The van der Waals surface area contributed by atoms with Gasteiger partial charge in [-0.1, -0.05) is 30.3 Å². The second kappa shape index (κ2) is 4.76. The Morgan fingerprint density at radius 1 is 1.05 bits per heavy atom. The lowest BCUT2D eigenvalue weighted by molar-refractivity contribution is 0.134. The highest BCUT2D eigenvalue weighted by atomic mass is 19.1. The number of ether oxygens (including phenoxy) is 1. The number of aryl methyl sites for hydroxylation is 1. The molecule has 0 aliphatic carbocycles. The van der Waals surface area contributed by atoms with Gasteiger partial charge in [0.2, 0.25) is 0 Å². The van der Waals surface area contributed by atoms with Gasteiger partial charge in [0.15, 0.2) is 0 Å². The van der Waals surface area contributed by atoms with Crippen molar-refractivity contribution in [3.05, 3.63) is 70.0 Å². The molecular weight excluding hydrogens is 241 g/mol. The van der Waals surface area contributed by atoms with Gasteiger partial charge in [0.1, 0.15) is 5.82 Å². The van der Waals surface area contributed by atoms with Crippen molar-refractivity contribution in [3.63, 3.8) is 0 Å². The molecule has 0 saturated heterocycles. The van der Waals surface area contributed by atoms with Crippen LogP contribution in [0.4, 0.5) is 4.39 Å². The quantitative estimate of drug-likeness (QED) is 0.896. The van der Waals surface area contributed by atoms with Crippen molar-refractivity contribution in [2.75, 3.05) is 0 Å². The Kier molecular flexibility index (Phi) is 3.09. The monoisotopic (exact) mass is 257 g/mol. The maximum Gasteiger partial charge on any atom is 0.126 e. The fourth-order valence-corrected chi connectivity index (χ4v) is 2.44. The first-order valence-corrected chi connectivity index (χ1v) is 6.36. The van der Waals surface area contributed by atoms with E-state index in [1.807, 2.05) is 12.1 Å². The van der Waals surface area contributed by atoms with Crippen molar-refractivity contribution in [2.24, 2.45) is 5.73 Å². The molecule has 0 amide bonds. The summed E-state index contributed by atoms with van der Waals surface area (Å²) in [7, 11) is 0. The minimum atomic E-state index is -0.231. The van der Waals surface area contributed by atoms with Crippen LogP contribution in [0.5, 0.6) is 0 Å². The third-order valence-electron chi connectivity index (χ3n) is 3.65. The molecule has 0 bridgehead atoms. The fraction of sp³-hybridized carbons (Fsp3) is 0.250. The first kappa shape index (κ1) is 12.3. The lowest BCUT2D eigenvalue weighted by atomic mass is 9.95. The van der Waals surface area contributed by atoms with Crippen LogP contribution in [0, 0.1) is 12.7 Å². The standard InChI is InChI=1S/C16H16FNO/c1-10-6-11(4-5-15(10)17)16(18)12-2-3-13-8-19-9-14(13)7-12/h2-7,16H,8-9,18H2,1H3. The van der Waals surface area contributed by atoms with Gasteiger partial charge < -0.3 is 10.5 Å². The van der Waals surface area contributed by atoms with Gasteiger partial charge in [0.05, 0.1) is 19.3 Å². The first-order chi connectivity index (χ1) is 9.15. The summed E-state index contributed by atoms with van der Waals surface area (Å²) in [6.07, 6.45) is 0. The molecule has 98 valence electrons. The van der Waals surface area contributed by atoms with Crippen LogP contribution in [0.2, 0.25) is 0 Å². The highest BCUT2D eigenvalue weighted by Gasteiger charge is 2.15. The molecule has 1 heterocycles. The number of hydrogen-bond acceptors (Lipinski definition) is 2. The molecule has 1 atom stereocenters. The lowest BCUT2D eigenvalue weighted by Gasteiger charge is -2.14. The fourth-order valence-electron chi connectivity index (χ4n) is 2.44. The Morgan fingerprint density at radius 3 is 2.53 bits per heavy atom. The zero-order chi connectivity index (χ0) is 13.4. The average Bonchev–Trinajstić information content (AvgIpc) is 2.88. The molecule has 3 rings (SSSR count). The maximum absolute atomic E-state index is 13.3. The largest absolute Gasteiger partial charge is 0.372 e. The van der Waals surface area contributed by atoms with Gasteiger partial charge in [-0.3, -0.25) is 0 Å². The molecule has 2 nitrogen and oxygen atoms in total. The van der Waals surface area contributed by atoms with Gasteiger partial charge in [-0.15, -0.1) is 0 Å². The molecule has 19 heavy (non-hydrogen) atoms. The highest BCUT2D eigenvalue weighted by Crippen LogP contribution is 2.26. The highest BCUT2D eigenvalue weighted by molar-refractivity contribution is 5.39. The summed E-state index contributed by atoms with van der Waals surface area (Å²) < 4.78 is 18.7. The molecule has 1 unspecified atom stereocenters. The van der Waals surface area contributed by atoms with E-state index < -0.39 is 0 Å². The van der Waals surface area contributed by atoms with Gasteiger partial charge in [0, 0.05) is 0 Å². The van der Waals surface area contributed by atoms with Crippen LogP contribution in [-0.4, -0.2) is 0 Å². The van der Waals surface area contributed by atoms with E-state index >= 15 is 0 Å². The van der Waals surface area contributed by atoms with E-state index in [0.29, 0.717) is 18.8 Å². The third kappa shape index (κ3) is 2.27. The molecule has 1 aliphatic heterocycles. The van der Waals surface area contributed by atoms with Crippen LogP contribution >= 0.6 is 0 Å². The SMILES string of the molecule is Cc1cc(C(N)c2ccc3c(c2)COC3)ccc1F. The molecule has 0 saturated carbocycles. The molecule has 2 N–H and O–H groups in total. The predicted molar refractivity (Wildman–Crippen MR) is 72.1 cm³/mol. The Bertz CT molecular complexity index is 624. The van der Waals surface area contributed by atoms with E-state index in [0.717, 1.165) is 11.1 Å². The minimum absolute atomic E-state index is 0.196. The number of benzene rings is 2. The van der Waals surface area contributed by atoms with Crippen LogP contribution in [0.25, 0.3) is 0 Å². The van der Waals surface area contributed by atoms with Gasteiger partial charge in [-0.2, -0.15) is 0 Å². The topological polar surface area (TPSA) is 35.2 Å². The van der Waals surface area contributed by atoms with Crippen molar-refractivity contribution < 1.29 is 9.13 Å². The molecule has 0 fully saturated rings. The number of hydrogen-bond donors (Lipinski definition) is 1. The molecular formula is C16H16FNO. The van der Waals surface area contributed by atoms with Crippen molar-refractivity contribution in [2.45, 2.75) is 26.2 Å². The summed E-state index contributed by atoms with van der Waals surface area (Å²) in [5, 5.41) is 0. The zero-order valence-electron chi connectivity index (χ0n) is 10.8. The molecule has 3 heteroatoms. The van der Waals surface area contributed by atoms with Gasteiger partial charge in [0.25, 0.3) is 0 Å². The van der Waals surface area contributed by atoms with Crippen LogP contribution in [0.15, 0.2) is 36.4 Å². The van der Waals surface area contributed by atoms with E-state index in [1.165, 1.54) is 17.2 Å². The number of halogens is 1. The number of rotatable bonds is 2. The van der Waals surface area contributed by atoms with Crippen molar-refractivity contribution in [1.82, 2.24) is 0 Å². The second-order valence-corrected chi connectivity index (χ2v) is 5.01. The average molecular weight is 257 g/mol. The summed E-state index contributed by atoms with van der Waals surface area (Å²) in [5.41, 5.74) is 11.3. The first-order valence-electron chi connectivity index (χ1n) is 6.36. The Morgan fingerprint density at radius 2 is 1.74 bits per heavy atom. The molecule has 1 aliphatic rings. The number of nitrogens with two attached hydrogens (primary N) is 1. The van der Waals surface area contributed by atoms with Crippen LogP contribution in [0.3, 0.4) is 0 Å². The van der Waals surface area contributed by atoms with Crippen LogP contribution < -0.4 is 5.73 Å². The summed E-state index contributed by atoms with van der Waals surface area (Å²) in [5.74, 6) is -0.196. The Labute approximate surface area is 112 Å². The second-order valence-electron chi connectivity index (χ2n) is 5.01. The Hall–Kier alpha value is -1.71. The van der Waals surface area contributed by atoms with Gasteiger partial charge >= 0.3 is 0 Å². The number of fused-ring (bicyclic) bond motifs is 1. The van der Waals surface area contributed by atoms with Crippen molar-refractivity contribution in [3.8, 4) is 0 Å². The van der Waals surface area contributed by atoms with E-state index in [9.17, 15) is 4.39 Å².